The standard InChI is InChI=1S/C15H31O/c1-4-5-6-7-8-9-10-11-12-13-14-15(2)16-3/h15H,2,4-14H2,1,3H3. The van der Waals surface area contributed by atoms with Gasteiger partial charge >= 0.3 is 0 Å². The predicted octanol–water partition coefficient (Wildman–Crippen LogP) is 5.15. The van der Waals surface area contributed by atoms with Crippen molar-refractivity contribution in [2.24, 2.45) is 0 Å². The van der Waals surface area contributed by atoms with E-state index in [-0.39, 0.29) is 6.10 Å². The number of unbranched alkanes of at least 4 members (excludes halogenated alkanes) is 9. The smallest absolute Gasteiger partial charge is 0.0572 e. The van der Waals surface area contributed by atoms with Crippen LogP contribution in [0.5, 0.6) is 0 Å². The lowest BCUT2D eigenvalue weighted by Gasteiger charge is -2.08. The molecule has 0 saturated heterocycles. The molecule has 0 amide bonds. The minimum absolute atomic E-state index is 0.203. The van der Waals surface area contributed by atoms with Gasteiger partial charge in [0.05, 0.1) is 6.10 Å². The number of ether oxygens (including phenoxy) is 1. The molecule has 97 valence electrons. The van der Waals surface area contributed by atoms with Gasteiger partial charge in [0, 0.05) is 7.11 Å². The Morgan fingerprint density at radius 1 is 0.812 bits per heavy atom. The summed E-state index contributed by atoms with van der Waals surface area (Å²) in [6, 6.07) is 0. The summed E-state index contributed by atoms with van der Waals surface area (Å²) in [5.41, 5.74) is 0. The molecule has 0 saturated carbocycles. The summed E-state index contributed by atoms with van der Waals surface area (Å²) in [4.78, 5) is 0. The molecule has 0 N–H and O–H groups in total. The van der Waals surface area contributed by atoms with Crippen LogP contribution in [0, 0.1) is 6.92 Å². The van der Waals surface area contributed by atoms with E-state index in [0.717, 1.165) is 6.42 Å². The van der Waals surface area contributed by atoms with Gasteiger partial charge in [-0.25, -0.2) is 0 Å². The van der Waals surface area contributed by atoms with Crippen LogP contribution in [0.4, 0.5) is 0 Å². The van der Waals surface area contributed by atoms with Crippen molar-refractivity contribution in [3.63, 3.8) is 0 Å². The van der Waals surface area contributed by atoms with Crippen molar-refractivity contribution in [3.8, 4) is 0 Å². The van der Waals surface area contributed by atoms with Gasteiger partial charge in [0.1, 0.15) is 0 Å². The molecule has 0 aromatic heterocycles. The molecule has 1 nitrogen and oxygen atoms in total. The lowest BCUT2D eigenvalue weighted by molar-refractivity contribution is 0.128. The minimum Gasteiger partial charge on any atom is -0.381 e. The van der Waals surface area contributed by atoms with Crippen molar-refractivity contribution in [2.75, 3.05) is 7.11 Å². The Morgan fingerprint density at radius 3 is 1.69 bits per heavy atom. The largest absolute Gasteiger partial charge is 0.381 e. The summed E-state index contributed by atoms with van der Waals surface area (Å²) in [7, 11) is 1.74. The van der Waals surface area contributed by atoms with Gasteiger partial charge in [-0.15, -0.1) is 0 Å². The number of hydrogen-bond donors (Lipinski definition) is 0. The molecule has 0 fully saturated rings. The highest BCUT2D eigenvalue weighted by molar-refractivity contribution is 4.59. The normalized spacial score (nSPS) is 12.9. The zero-order valence-corrected chi connectivity index (χ0v) is 11.5. The van der Waals surface area contributed by atoms with Crippen LogP contribution in [0.3, 0.4) is 0 Å². The third kappa shape index (κ3) is 12.0. The van der Waals surface area contributed by atoms with E-state index in [4.69, 9.17) is 4.74 Å². The van der Waals surface area contributed by atoms with Gasteiger partial charge in [0.2, 0.25) is 0 Å². The fraction of sp³-hybridized carbons (Fsp3) is 0.933. The molecule has 0 aliphatic carbocycles. The van der Waals surface area contributed by atoms with E-state index in [9.17, 15) is 0 Å². The van der Waals surface area contributed by atoms with Gasteiger partial charge in [-0.3, -0.25) is 0 Å². The van der Waals surface area contributed by atoms with Crippen molar-refractivity contribution < 1.29 is 4.74 Å². The number of rotatable bonds is 12. The number of methoxy groups -OCH3 is 1. The first-order valence-electron chi connectivity index (χ1n) is 7.17. The molecule has 0 aromatic carbocycles. The van der Waals surface area contributed by atoms with E-state index in [1.807, 2.05) is 0 Å². The second kappa shape index (κ2) is 13.0. The maximum atomic E-state index is 5.12. The molecular formula is C15H31O. The maximum Gasteiger partial charge on any atom is 0.0572 e. The van der Waals surface area contributed by atoms with Crippen LogP contribution in [-0.4, -0.2) is 13.2 Å². The Hall–Kier alpha value is -0.0400. The topological polar surface area (TPSA) is 9.23 Å². The van der Waals surface area contributed by atoms with Gasteiger partial charge in [0.25, 0.3) is 0 Å². The van der Waals surface area contributed by atoms with Crippen molar-refractivity contribution >= 4 is 0 Å². The van der Waals surface area contributed by atoms with Gasteiger partial charge in [-0.1, -0.05) is 71.1 Å². The zero-order valence-electron chi connectivity index (χ0n) is 11.5. The zero-order chi connectivity index (χ0) is 12.1. The summed E-state index contributed by atoms with van der Waals surface area (Å²) in [5.74, 6) is 0. The molecule has 0 aliphatic heterocycles. The summed E-state index contributed by atoms with van der Waals surface area (Å²) < 4.78 is 5.12. The van der Waals surface area contributed by atoms with Crippen molar-refractivity contribution in [2.45, 2.75) is 83.7 Å². The van der Waals surface area contributed by atoms with Crippen LogP contribution in [0.25, 0.3) is 0 Å². The van der Waals surface area contributed by atoms with Crippen LogP contribution in [0.2, 0.25) is 0 Å². The Morgan fingerprint density at radius 2 is 1.25 bits per heavy atom. The number of hydrogen-bond acceptors (Lipinski definition) is 1. The Labute approximate surface area is 103 Å². The first kappa shape index (κ1) is 16.0. The SMILES string of the molecule is [CH2]C(CCCCCCCCCCCC)OC. The summed E-state index contributed by atoms with van der Waals surface area (Å²) >= 11 is 0. The average Bonchev–Trinajstić information content (AvgIpc) is 2.31. The third-order valence-electron chi connectivity index (χ3n) is 3.21. The van der Waals surface area contributed by atoms with Crippen LogP contribution in [0.15, 0.2) is 0 Å². The second-order valence-corrected chi connectivity index (χ2v) is 4.83. The first-order valence-corrected chi connectivity index (χ1v) is 7.17. The van der Waals surface area contributed by atoms with E-state index in [0.29, 0.717) is 0 Å². The summed E-state index contributed by atoms with van der Waals surface area (Å²) in [6.45, 7) is 6.18. The molecule has 0 aliphatic rings. The Bertz CT molecular complexity index is 123. The minimum atomic E-state index is 0.203. The lowest BCUT2D eigenvalue weighted by Crippen LogP contribution is -2.04. The van der Waals surface area contributed by atoms with Gasteiger partial charge in [0.15, 0.2) is 0 Å². The highest BCUT2D eigenvalue weighted by atomic mass is 16.5. The molecule has 0 spiro atoms. The van der Waals surface area contributed by atoms with Gasteiger partial charge in [-0.2, -0.15) is 0 Å². The molecule has 0 bridgehead atoms. The van der Waals surface area contributed by atoms with E-state index < -0.39 is 0 Å². The molecular weight excluding hydrogens is 196 g/mol. The fourth-order valence-electron chi connectivity index (χ4n) is 1.98. The fourth-order valence-corrected chi connectivity index (χ4v) is 1.98. The first-order chi connectivity index (χ1) is 7.81. The highest BCUT2D eigenvalue weighted by Gasteiger charge is 1.98. The summed E-state index contributed by atoms with van der Waals surface area (Å²) in [6.07, 6.45) is 15.3. The molecule has 0 rings (SSSR count). The van der Waals surface area contributed by atoms with Crippen LogP contribution in [0.1, 0.15) is 77.6 Å². The Balaban J connectivity index is 2.93. The predicted molar refractivity (Wildman–Crippen MR) is 72.6 cm³/mol. The molecule has 1 heteroatoms. The van der Waals surface area contributed by atoms with Crippen molar-refractivity contribution in [3.05, 3.63) is 6.92 Å². The van der Waals surface area contributed by atoms with Crippen LogP contribution >= 0.6 is 0 Å². The molecule has 0 aromatic rings. The van der Waals surface area contributed by atoms with Crippen LogP contribution in [-0.2, 0) is 4.74 Å². The molecule has 16 heavy (non-hydrogen) atoms. The maximum absolute atomic E-state index is 5.12. The van der Waals surface area contributed by atoms with Crippen LogP contribution < -0.4 is 0 Å². The second-order valence-electron chi connectivity index (χ2n) is 4.83. The Kier molecular flexibility index (Phi) is 13.0. The highest BCUT2D eigenvalue weighted by Crippen LogP contribution is 2.12. The third-order valence-corrected chi connectivity index (χ3v) is 3.21. The summed E-state index contributed by atoms with van der Waals surface area (Å²) in [5, 5.41) is 0. The van der Waals surface area contributed by atoms with E-state index in [2.05, 4.69) is 13.8 Å². The quantitative estimate of drug-likeness (QED) is 0.419. The van der Waals surface area contributed by atoms with E-state index in [1.54, 1.807) is 7.11 Å². The molecule has 0 heterocycles. The van der Waals surface area contributed by atoms with Crippen molar-refractivity contribution in [1.82, 2.24) is 0 Å². The van der Waals surface area contributed by atoms with Gasteiger partial charge in [-0.05, 0) is 13.3 Å². The molecule has 1 radical (unpaired) electrons. The van der Waals surface area contributed by atoms with Gasteiger partial charge < -0.3 is 4.74 Å². The lowest BCUT2D eigenvalue weighted by atomic mass is 10.1. The monoisotopic (exact) mass is 227 g/mol. The molecule has 1 atom stereocenters. The average molecular weight is 227 g/mol. The van der Waals surface area contributed by atoms with E-state index in [1.165, 1.54) is 64.2 Å². The van der Waals surface area contributed by atoms with E-state index >= 15 is 0 Å². The molecule has 1 unspecified atom stereocenters. The van der Waals surface area contributed by atoms with Crippen molar-refractivity contribution in [1.29, 1.82) is 0 Å².